The Morgan fingerprint density at radius 3 is 2.45 bits per heavy atom. The van der Waals surface area contributed by atoms with Gasteiger partial charge in [-0.15, -0.1) is 0 Å². The maximum Gasteiger partial charge on any atom is 0.252 e. The fourth-order valence-electron chi connectivity index (χ4n) is 4.29. The first-order chi connectivity index (χ1) is 18.0. The highest BCUT2D eigenvalue weighted by atomic mass is 19.1. The van der Waals surface area contributed by atoms with Crippen molar-refractivity contribution in [3.63, 3.8) is 0 Å². The van der Waals surface area contributed by atoms with E-state index in [-0.39, 0.29) is 36.8 Å². The number of amides is 1. The second kappa shape index (κ2) is 12.5. The van der Waals surface area contributed by atoms with Crippen molar-refractivity contribution in [2.45, 2.75) is 58.8 Å². The average Bonchev–Trinajstić information content (AvgIpc) is 3.28. The molecule has 0 fully saturated rings. The van der Waals surface area contributed by atoms with Gasteiger partial charge in [0.05, 0.1) is 18.2 Å². The van der Waals surface area contributed by atoms with E-state index < -0.39 is 41.9 Å². The summed E-state index contributed by atoms with van der Waals surface area (Å²) in [6, 6.07) is 11.2. The Labute approximate surface area is 221 Å². The molecular formula is C28H36F3N5O2. The number of nitrogens with zero attached hydrogens (tertiary/aromatic N) is 4. The van der Waals surface area contributed by atoms with Crippen molar-refractivity contribution in [1.29, 1.82) is 0 Å². The Morgan fingerprint density at radius 2 is 1.84 bits per heavy atom. The van der Waals surface area contributed by atoms with Gasteiger partial charge in [-0.2, -0.15) is 5.10 Å². The number of rotatable bonds is 11. The van der Waals surface area contributed by atoms with E-state index in [1.54, 1.807) is 16.5 Å². The van der Waals surface area contributed by atoms with Crippen LogP contribution in [0, 0.1) is 17.0 Å². The zero-order chi connectivity index (χ0) is 28.0. The quantitative estimate of drug-likeness (QED) is 0.380. The van der Waals surface area contributed by atoms with Gasteiger partial charge < -0.3 is 15.4 Å². The van der Waals surface area contributed by atoms with Crippen molar-refractivity contribution in [2.75, 3.05) is 20.3 Å². The molecule has 2 unspecified atom stereocenters. The third-order valence-corrected chi connectivity index (χ3v) is 6.34. The molecule has 0 bridgehead atoms. The molecular weight excluding hydrogens is 495 g/mol. The SMILES string of the molecule is COC(C)C(=O)N(CCC(N)CF)[C@@H](c1nc(-c2cc(F)ccc2F)nn1Cc1ccccc1)C(C)(C)C. The fourth-order valence-corrected chi connectivity index (χ4v) is 4.29. The monoisotopic (exact) mass is 531 g/mol. The molecule has 0 aliphatic heterocycles. The lowest BCUT2D eigenvalue weighted by Crippen LogP contribution is -2.48. The van der Waals surface area contributed by atoms with Crippen molar-refractivity contribution in [3.05, 3.63) is 71.6 Å². The molecule has 0 saturated carbocycles. The number of alkyl halides is 1. The van der Waals surface area contributed by atoms with Gasteiger partial charge in [0.1, 0.15) is 24.4 Å². The van der Waals surface area contributed by atoms with E-state index >= 15 is 0 Å². The fraction of sp³-hybridized carbons (Fsp3) is 0.464. The third-order valence-electron chi connectivity index (χ3n) is 6.34. The minimum atomic E-state index is -0.785. The van der Waals surface area contributed by atoms with Gasteiger partial charge in [0.25, 0.3) is 5.91 Å². The van der Waals surface area contributed by atoms with Gasteiger partial charge in [-0.3, -0.25) is 4.79 Å². The number of halogens is 3. The van der Waals surface area contributed by atoms with Gasteiger partial charge in [-0.05, 0) is 42.5 Å². The summed E-state index contributed by atoms with van der Waals surface area (Å²) >= 11 is 0. The molecule has 2 N–H and O–H groups in total. The minimum absolute atomic E-state index is 0.00479. The van der Waals surface area contributed by atoms with Crippen molar-refractivity contribution < 1.29 is 22.7 Å². The summed E-state index contributed by atoms with van der Waals surface area (Å²) in [5.41, 5.74) is 6.08. The molecule has 10 heteroatoms. The summed E-state index contributed by atoms with van der Waals surface area (Å²) in [6.07, 6.45) is -0.573. The molecule has 7 nitrogen and oxygen atoms in total. The maximum absolute atomic E-state index is 14.8. The van der Waals surface area contributed by atoms with E-state index in [2.05, 4.69) is 10.1 Å². The first kappa shape index (κ1) is 29.3. The van der Waals surface area contributed by atoms with Gasteiger partial charge >= 0.3 is 0 Å². The Kier molecular flexibility index (Phi) is 9.67. The van der Waals surface area contributed by atoms with Gasteiger partial charge in [-0.1, -0.05) is 51.1 Å². The van der Waals surface area contributed by atoms with Crippen LogP contribution in [0.3, 0.4) is 0 Å². The highest BCUT2D eigenvalue weighted by molar-refractivity contribution is 5.81. The molecule has 1 amide bonds. The van der Waals surface area contributed by atoms with Crippen LogP contribution in [0.2, 0.25) is 0 Å². The number of hydrogen-bond acceptors (Lipinski definition) is 5. The van der Waals surface area contributed by atoms with E-state index in [0.29, 0.717) is 5.82 Å². The Bertz CT molecular complexity index is 1210. The summed E-state index contributed by atoms with van der Waals surface area (Å²) in [5, 5.41) is 4.58. The second-order valence-electron chi connectivity index (χ2n) is 10.4. The van der Waals surface area contributed by atoms with Crippen LogP contribution in [-0.4, -0.2) is 58.0 Å². The first-order valence-electron chi connectivity index (χ1n) is 12.5. The highest BCUT2D eigenvalue weighted by Crippen LogP contribution is 2.39. The molecule has 3 rings (SSSR count). The second-order valence-corrected chi connectivity index (χ2v) is 10.4. The van der Waals surface area contributed by atoms with Crippen molar-refractivity contribution in [3.8, 4) is 11.4 Å². The van der Waals surface area contributed by atoms with Gasteiger partial charge in [0, 0.05) is 19.7 Å². The molecule has 0 aliphatic carbocycles. The largest absolute Gasteiger partial charge is 0.372 e. The highest BCUT2D eigenvalue weighted by Gasteiger charge is 2.40. The standard InChI is InChI=1S/C28H36F3N5O2/c1-18(38-5)27(37)35(14-13-21(32)16-29)24(28(2,3)4)26-33-25(22-15-20(30)11-12-23(22)31)34-36(26)17-19-9-7-6-8-10-19/h6-12,15,18,21,24H,13-14,16-17,32H2,1-5H3/t18?,21?,24-/m0/s1. The number of nitrogens with two attached hydrogens (primary N) is 1. The lowest BCUT2D eigenvalue weighted by atomic mass is 9.84. The lowest BCUT2D eigenvalue weighted by molar-refractivity contribution is -0.146. The van der Waals surface area contributed by atoms with Crippen molar-refractivity contribution in [1.82, 2.24) is 19.7 Å². The van der Waals surface area contributed by atoms with Crippen LogP contribution < -0.4 is 5.73 Å². The summed E-state index contributed by atoms with van der Waals surface area (Å²) in [6.45, 7) is 7.14. The molecule has 0 radical (unpaired) electrons. The minimum Gasteiger partial charge on any atom is -0.372 e. The molecule has 0 spiro atoms. The number of carbonyl (C=O) groups excluding carboxylic acids is 1. The number of ether oxygens (including phenoxy) is 1. The molecule has 3 aromatic rings. The number of methoxy groups -OCH3 is 1. The maximum atomic E-state index is 14.8. The molecule has 0 aliphatic rings. The molecule has 1 heterocycles. The topological polar surface area (TPSA) is 86.3 Å². The number of benzene rings is 2. The van der Waals surface area contributed by atoms with Crippen LogP contribution in [0.4, 0.5) is 13.2 Å². The van der Waals surface area contributed by atoms with Crippen LogP contribution >= 0.6 is 0 Å². The van der Waals surface area contributed by atoms with E-state index in [4.69, 9.17) is 10.5 Å². The van der Waals surface area contributed by atoms with Crippen LogP contribution in [0.25, 0.3) is 11.4 Å². The molecule has 0 saturated heterocycles. The molecule has 1 aromatic heterocycles. The number of hydrogen-bond donors (Lipinski definition) is 1. The van der Waals surface area contributed by atoms with Crippen LogP contribution in [0.1, 0.15) is 51.5 Å². The van der Waals surface area contributed by atoms with E-state index in [9.17, 15) is 18.0 Å². The van der Waals surface area contributed by atoms with E-state index in [1.165, 1.54) is 7.11 Å². The molecule has 2 aromatic carbocycles. The molecule has 3 atom stereocenters. The van der Waals surface area contributed by atoms with E-state index in [1.807, 2.05) is 51.1 Å². The number of aromatic nitrogens is 3. The predicted octanol–water partition coefficient (Wildman–Crippen LogP) is 4.91. The van der Waals surface area contributed by atoms with Crippen LogP contribution in [0.5, 0.6) is 0 Å². The van der Waals surface area contributed by atoms with Gasteiger partial charge in [-0.25, -0.2) is 22.8 Å². The van der Waals surface area contributed by atoms with Crippen LogP contribution in [0.15, 0.2) is 48.5 Å². The molecule has 206 valence electrons. The average molecular weight is 532 g/mol. The zero-order valence-corrected chi connectivity index (χ0v) is 22.5. The van der Waals surface area contributed by atoms with Crippen molar-refractivity contribution in [2.24, 2.45) is 11.1 Å². The Morgan fingerprint density at radius 1 is 1.16 bits per heavy atom. The van der Waals surface area contributed by atoms with Crippen molar-refractivity contribution >= 4 is 5.91 Å². The van der Waals surface area contributed by atoms with Crippen LogP contribution in [-0.2, 0) is 16.1 Å². The first-order valence-corrected chi connectivity index (χ1v) is 12.5. The van der Waals surface area contributed by atoms with Gasteiger partial charge in [0.2, 0.25) is 0 Å². The Hall–Kier alpha value is -3.24. The zero-order valence-electron chi connectivity index (χ0n) is 22.5. The smallest absolute Gasteiger partial charge is 0.252 e. The Balaban J connectivity index is 2.21. The summed E-state index contributed by atoms with van der Waals surface area (Å²) in [4.78, 5) is 19.9. The summed E-state index contributed by atoms with van der Waals surface area (Å²) in [5.74, 6) is -1.25. The normalized spacial score (nSPS) is 14.2. The lowest BCUT2D eigenvalue weighted by Gasteiger charge is -2.40. The third kappa shape index (κ3) is 6.99. The molecule has 38 heavy (non-hydrogen) atoms. The van der Waals surface area contributed by atoms with Gasteiger partial charge in [0.15, 0.2) is 11.6 Å². The summed E-state index contributed by atoms with van der Waals surface area (Å²) < 4.78 is 49.0. The number of carbonyl (C=O) groups is 1. The predicted molar refractivity (Wildman–Crippen MR) is 140 cm³/mol. The van der Waals surface area contributed by atoms with E-state index in [0.717, 1.165) is 23.8 Å². The summed E-state index contributed by atoms with van der Waals surface area (Å²) in [7, 11) is 1.43.